The molecule has 2 aromatic carbocycles. The Bertz CT molecular complexity index is 833. The topological polar surface area (TPSA) is 105 Å². The quantitative estimate of drug-likeness (QED) is 0.424. The molecule has 0 bridgehead atoms. The van der Waals surface area contributed by atoms with Gasteiger partial charge in [-0.1, -0.05) is 17.7 Å². The second kappa shape index (κ2) is 7.63. The van der Waals surface area contributed by atoms with E-state index in [1.54, 1.807) is 51.1 Å². The molecule has 8 heteroatoms. The molecule has 0 atom stereocenters. The van der Waals surface area contributed by atoms with Crippen LogP contribution in [0.3, 0.4) is 0 Å². The fourth-order valence-electron chi connectivity index (χ4n) is 2.40. The van der Waals surface area contributed by atoms with Crippen molar-refractivity contribution in [1.82, 2.24) is 5.43 Å². The van der Waals surface area contributed by atoms with Gasteiger partial charge in [0, 0.05) is 17.2 Å². The van der Waals surface area contributed by atoms with Gasteiger partial charge < -0.3 is 9.84 Å². The van der Waals surface area contributed by atoms with Crippen LogP contribution in [0.25, 0.3) is 0 Å². The van der Waals surface area contributed by atoms with Crippen LogP contribution >= 0.6 is 11.6 Å². The zero-order chi connectivity index (χ0) is 19.5. The van der Waals surface area contributed by atoms with Gasteiger partial charge in [0.1, 0.15) is 11.5 Å². The predicted octanol–water partition coefficient (Wildman–Crippen LogP) is 4.02. The third-order valence-corrected chi connectivity index (χ3v) is 3.79. The highest BCUT2D eigenvalue weighted by atomic mass is 35.5. The third kappa shape index (κ3) is 4.44. The van der Waals surface area contributed by atoms with Crippen molar-refractivity contribution in [2.75, 3.05) is 4.90 Å². The van der Waals surface area contributed by atoms with E-state index in [-0.39, 0.29) is 5.02 Å². The van der Waals surface area contributed by atoms with Gasteiger partial charge in [-0.2, -0.15) is 0 Å². The predicted molar refractivity (Wildman–Crippen MR) is 99.9 cm³/mol. The summed E-state index contributed by atoms with van der Waals surface area (Å²) in [6.45, 7) is 5.32. The lowest BCUT2D eigenvalue weighted by atomic mass is 10.1. The number of ether oxygens (including phenoxy) is 1. The molecule has 0 aliphatic carbocycles. The van der Waals surface area contributed by atoms with E-state index in [1.165, 1.54) is 17.0 Å². The Labute approximate surface area is 156 Å². The lowest BCUT2D eigenvalue weighted by Crippen LogP contribution is -2.45. The van der Waals surface area contributed by atoms with Gasteiger partial charge in [-0.25, -0.2) is 10.6 Å². The molecule has 0 saturated carbocycles. The zero-order valence-corrected chi connectivity index (χ0v) is 15.4. The van der Waals surface area contributed by atoms with Crippen molar-refractivity contribution < 1.29 is 19.4 Å². The van der Waals surface area contributed by atoms with Crippen molar-refractivity contribution in [3.8, 4) is 11.5 Å². The third-order valence-electron chi connectivity index (χ3n) is 3.49. The SMILES string of the molecule is CC(C)(C)N(C(=O)O)c1ccc(Oc2cccc(C(=O)NN)c2)cc1Cl. The Kier molecular flexibility index (Phi) is 5.74. The molecule has 2 aromatic rings. The van der Waals surface area contributed by atoms with Gasteiger partial charge in [-0.05, 0) is 51.1 Å². The number of hydrazine groups is 1. The molecule has 4 N–H and O–H groups in total. The van der Waals surface area contributed by atoms with Gasteiger partial charge in [-0.3, -0.25) is 15.1 Å². The molecule has 0 unspecified atom stereocenters. The van der Waals surface area contributed by atoms with Crippen LogP contribution in [0, 0.1) is 0 Å². The number of carbonyl (C=O) groups is 2. The van der Waals surface area contributed by atoms with Crippen LogP contribution in [0.5, 0.6) is 11.5 Å². The van der Waals surface area contributed by atoms with Crippen molar-refractivity contribution in [2.45, 2.75) is 26.3 Å². The first-order valence-electron chi connectivity index (χ1n) is 7.75. The number of hydrogen-bond acceptors (Lipinski definition) is 4. The van der Waals surface area contributed by atoms with Gasteiger partial charge in [0.25, 0.3) is 5.91 Å². The van der Waals surface area contributed by atoms with Crippen LogP contribution < -0.4 is 20.9 Å². The number of nitrogens with zero attached hydrogens (tertiary/aromatic N) is 1. The summed E-state index contributed by atoms with van der Waals surface area (Å²) in [6.07, 6.45) is -1.10. The summed E-state index contributed by atoms with van der Waals surface area (Å²) in [5.74, 6) is 5.51. The van der Waals surface area contributed by atoms with Crippen LogP contribution in [-0.2, 0) is 0 Å². The lowest BCUT2D eigenvalue weighted by Gasteiger charge is -2.33. The van der Waals surface area contributed by atoms with Gasteiger partial charge in [-0.15, -0.1) is 0 Å². The Morgan fingerprint density at radius 3 is 2.35 bits per heavy atom. The van der Waals surface area contributed by atoms with Crippen molar-refractivity contribution in [3.63, 3.8) is 0 Å². The summed E-state index contributed by atoms with van der Waals surface area (Å²) in [6, 6.07) is 11.2. The molecule has 2 amide bonds. The van der Waals surface area contributed by atoms with E-state index in [2.05, 4.69) is 0 Å². The fourth-order valence-corrected chi connectivity index (χ4v) is 2.66. The van der Waals surface area contributed by atoms with E-state index < -0.39 is 17.5 Å². The molecule has 2 rings (SSSR count). The van der Waals surface area contributed by atoms with Crippen molar-refractivity contribution in [3.05, 3.63) is 53.1 Å². The molecule has 0 heterocycles. The van der Waals surface area contributed by atoms with Crippen LogP contribution in [0.1, 0.15) is 31.1 Å². The second-order valence-electron chi connectivity index (χ2n) is 6.51. The number of amides is 2. The summed E-state index contributed by atoms with van der Waals surface area (Å²) in [4.78, 5) is 24.4. The number of hydrogen-bond donors (Lipinski definition) is 3. The van der Waals surface area contributed by atoms with Gasteiger partial charge in [0.05, 0.1) is 10.7 Å². The summed E-state index contributed by atoms with van der Waals surface area (Å²) in [5.41, 5.74) is 2.09. The van der Waals surface area contributed by atoms with E-state index in [4.69, 9.17) is 22.2 Å². The largest absolute Gasteiger partial charge is 0.465 e. The Hall–Kier alpha value is -2.77. The Balaban J connectivity index is 2.30. The molecular weight excluding hydrogens is 358 g/mol. The van der Waals surface area contributed by atoms with Crippen molar-refractivity contribution in [2.24, 2.45) is 5.84 Å². The number of carbonyl (C=O) groups excluding carboxylic acids is 1. The maximum absolute atomic E-state index is 11.6. The minimum absolute atomic E-state index is 0.232. The molecule has 0 radical (unpaired) electrons. The molecule has 0 fully saturated rings. The molecule has 0 aliphatic heterocycles. The monoisotopic (exact) mass is 377 g/mol. The van der Waals surface area contributed by atoms with Crippen molar-refractivity contribution >= 4 is 29.3 Å². The highest BCUT2D eigenvalue weighted by Crippen LogP contribution is 2.35. The normalized spacial score (nSPS) is 11.0. The van der Waals surface area contributed by atoms with E-state index in [9.17, 15) is 14.7 Å². The molecule has 0 aromatic heterocycles. The number of nitrogen functional groups attached to an aromatic ring is 1. The Morgan fingerprint density at radius 1 is 1.15 bits per heavy atom. The summed E-state index contributed by atoms with van der Waals surface area (Å²) in [7, 11) is 0. The van der Waals surface area contributed by atoms with Gasteiger partial charge >= 0.3 is 6.09 Å². The number of halogens is 1. The molecular formula is C18H20ClN3O4. The number of carboxylic acid groups (broad SMARTS) is 1. The molecule has 0 saturated heterocycles. The van der Waals surface area contributed by atoms with Crippen molar-refractivity contribution in [1.29, 1.82) is 0 Å². The van der Waals surface area contributed by atoms with E-state index >= 15 is 0 Å². The Morgan fingerprint density at radius 2 is 1.81 bits per heavy atom. The first kappa shape index (κ1) is 19.6. The first-order chi connectivity index (χ1) is 12.1. The average Bonchev–Trinajstić information content (AvgIpc) is 2.55. The maximum atomic E-state index is 11.6. The number of benzene rings is 2. The molecule has 0 spiro atoms. The van der Waals surface area contributed by atoms with Gasteiger partial charge in [0.15, 0.2) is 0 Å². The molecule has 138 valence electrons. The minimum Gasteiger partial charge on any atom is -0.465 e. The summed E-state index contributed by atoms with van der Waals surface area (Å²) >= 11 is 6.28. The first-order valence-corrected chi connectivity index (χ1v) is 8.13. The van der Waals surface area contributed by atoms with Crippen LogP contribution in [-0.4, -0.2) is 22.6 Å². The number of nitrogens with one attached hydrogen (secondary N) is 1. The van der Waals surface area contributed by atoms with Crippen LogP contribution in [0.4, 0.5) is 10.5 Å². The van der Waals surface area contributed by atoms with Crippen LogP contribution in [0.15, 0.2) is 42.5 Å². The second-order valence-corrected chi connectivity index (χ2v) is 6.91. The fraction of sp³-hybridized carbons (Fsp3) is 0.222. The number of rotatable bonds is 4. The van der Waals surface area contributed by atoms with E-state index in [0.717, 1.165) is 0 Å². The maximum Gasteiger partial charge on any atom is 0.412 e. The van der Waals surface area contributed by atoms with E-state index in [1.807, 2.05) is 5.43 Å². The number of anilines is 1. The highest BCUT2D eigenvalue weighted by molar-refractivity contribution is 6.34. The lowest BCUT2D eigenvalue weighted by molar-refractivity contribution is 0.0953. The number of nitrogens with two attached hydrogens (primary N) is 1. The zero-order valence-electron chi connectivity index (χ0n) is 14.6. The average molecular weight is 378 g/mol. The van der Waals surface area contributed by atoms with Gasteiger partial charge in [0.2, 0.25) is 0 Å². The van der Waals surface area contributed by atoms with E-state index in [0.29, 0.717) is 22.7 Å². The molecule has 0 aliphatic rings. The highest BCUT2D eigenvalue weighted by Gasteiger charge is 2.29. The smallest absolute Gasteiger partial charge is 0.412 e. The molecule has 26 heavy (non-hydrogen) atoms. The molecule has 7 nitrogen and oxygen atoms in total. The minimum atomic E-state index is -1.10. The summed E-state index contributed by atoms with van der Waals surface area (Å²) < 4.78 is 5.70. The standard InChI is InChI=1S/C18H20ClN3O4/c1-18(2,3)22(17(24)25)15-8-7-13(10-14(15)19)26-12-6-4-5-11(9-12)16(23)21-20/h4-10H,20H2,1-3H3,(H,21,23)(H,24,25). The van der Waals surface area contributed by atoms with Crippen LogP contribution in [0.2, 0.25) is 5.02 Å². The summed E-state index contributed by atoms with van der Waals surface area (Å²) in [5, 5.41) is 9.72.